The number of ether oxygens (including phenoxy) is 1. The molecule has 1 atom stereocenters. The van der Waals surface area contributed by atoms with Crippen LogP contribution in [0.2, 0.25) is 0 Å². The van der Waals surface area contributed by atoms with Crippen LogP contribution >= 0.6 is 24.0 Å². The molecule has 0 aliphatic rings. The summed E-state index contributed by atoms with van der Waals surface area (Å²) < 4.78 is 4.45. The molecule has 0 amide bonds. The molecule has 0 bridgehead atoms. The summed E-state index contributed by atoms with van der Waals surface area (Å²) in [6, 6.07) is 7.35. The Balaban J connectivity index is 0. The molecule has 0 unspecified atom stereocenters. The third-order valence-electron chi connectivity index (χ3n) is 2.19. The van der Waals surface area contributed by atoms with Crippen molar-refractivity contribution in [2.24, 2.45) is 4.99 Å². The Hall–Kier alpha value is -0.997. The fourth-order valence-electron chi connectivity index (χ4n) is 1.25. The van der Waals surface area contributed by atoms with Gasteiger partial charge >= 0.3 is 5.97 Å². The average molecular weight is 438 g/mol. The second kappa shape index (κ2) is 10.8. The van der Waals surface area contributed by atoms with Gasteiger partial charge in [0.25, 0.3) is 0 Å². The average Bonchev–Trinajstić information content (AvgIpc) is 2.38. The first-order valence-corrected chi connectivity index (χ1v) is 5.22. The summed E-state index contributed by atoms with van der Waals surface area (Å²) in [5, 5.41) is 20.3. The second-order valence-corrected chi connectivity index (χ2v) is 3.56. The second-order valence-electron chi connectivity index (χ2n) is 3.56. The zero-order chi connectivity index (χ0) is 13.5. The van der Waals surface area contributed by atoms with Gasteiger partial charge in [-0.2, -0.15) is 5.26 Å². The molecule has 0 fully saturated rings. The first-order chi connectivity index (χ1) is 8.56. The van der Waals surface area contributed by atoms with E-state index in [1.807, 2.05) is 6.07 Å². The van der Waals surface area contributed by atoms with Crippen LogP contribution in [-0.2, 0) is 29.0 Å². The molecule has 1 radical (unpaired) electrons. The summed E-state index contributed by atoms with van der Waals surface area (Å²) >= 11 is 0. The van der Waals surface area contributed by atoms with Crippen LogP contribution in [0.4, 0.5) is 0 Å². The molecule has 0 aliphatic heterocycles. The Morgan fingerprint density at radius 3 is 2.50 bits per heavy atom. The van der Waals surface area contributed by atoms with Crippen LogP contribution in [0, 0.1) is 18.3 Å². The molecule has 0 N–H and O–H groups in total. The SMILES string of the molecule is I.[CH2][C@H](CC(=O)OC)N=C([O-])c1ccc(C#N)cc1.[Zn]. The van der Waals surface area contributed by atoms with Gasteiger partial charge in [-0.05, 0) is 30.5 Å². The minimum atomic E-state index is -0.680. The molecule has 0 aliphatic carbocycles. The number of carbonyl (C=O) groups excluding carboxylic acids is 1. The first-order valence-electron chi connectivity index (χ1n) is 5.22. The van der Waals surface area contributed by atoms with E-state index in [0.717, 1.165) is 0 Å². The monoisotopic (exact) mass is 436 g/mol. The van der Waals surface area contributed by atoms with E-state index in [2.05, 4.69) is 16.7 Å². The van der Waals surface area contributed by atoms with Crippen molar-refractivity contribution in [2.45, 2.75) is 12.5 Å². The van der Waals surface area contributed by atoms with Gasteiger partial charge in [-0.25, -0.2) is 0 Å². The fraction of sp³-hybridized carbons (Fsp3) is 0.231. The van der Waals surface area contributed by atoms with Gasteiger partial charge in [-0.3, -0.25) is 9.79 Å². The van der Waals surface area contributed by atoms with Crippen LogP contribution in [0.3, 0.4) is 0 Å². The van der Waals surface area contributed by atoms with Crippen molar-refractivity contribution in [3.63, 3.8) is 0 Å². The van der Waals surface area contributed by atoms with Crippen molar-refractivity contribution in [3.05, 3.63) is 42.3 Å². The van der Waals surface area contributed by atoms with Crippen molar-refractivity contribution >= 4 is 35.8 Å². The normalized spacial score (nSPS) is 11.3. The van der Waals surface area contributed by atoms with Gasteiger partial charge in [0.05, 0.1) is 31.2 Å². The Morgan fingerprint density at radius 2 is 2.05 bits per heavy atom. The number of esters is 1. The summed E-state index contributed by atoms with van der Waals surface area (Å²) in [7, 11) is 1.26. The predicted octanol–water partition coefficient (Wildman–Crippen LogP) is 1.05. The molecule has 1 rings (SSSR count). The van der Waals surface area contributed by atoms with Gasteiger partial charge in [0.15, 0.2) is 0 Å². The Morgan fingerprint density at radius 1 is 1.50 bits per heavy atom. The number of benzene rings is 1. The van der Waals surface area contributed by atoms with E-state index in [1.165, 1.54) is 31.4 Å². The number of rotatable bonds is 4. The number of hydrogen-bond acceptors (Lipinski definition) is 5. The number of nitrogens with zero attached hydrogens (tertiary/aromatic N) is 2. The number of aliphatic imine (C=N–C) groups is 1. The zero-order valence-electron chi connectivity index (χ0n) is 11.0. The van der Waals surface area contributed by atoms with Crippen molar-refractivity contribution in [1.29, 1.82) is 5.26 Å². The van der Waals surface area contributed by atoms with Crippen LogP contribution in [-0.4, -0.2) is 25.0 Å². The van der Waals surface area contributed by atoms with E-state index in [0.29, 0.717) is 11.1 Å². The van der Waals surface area contributed by atoms with Gasteiger partial charge < -0.3 is 9.84 Å². The Labute approximate surface area is 147 Å². The van der Waals surface area contributed by atoms with Gasteiger partial charge in [-0.15, -0.1) is 24.0 Å². The Bertz CT molecular complexity index is 497. The molecule has 7 heteroatoms. The summed E-state index contributed by atoms with van der Waals surface area (Å²) in [6.07, 6.45) is -0.0431. The summed E-state index contributed by atoms with van der Waals surface area (Å²) in [4.78, 5) is 14.7. The smallest absolute Gasteiger partial charge is 0.307 e. The molecule has 5 nitrogen and oxygen atoms in total. The van der Waals surface area contributed by atoms with Crippen LogP contribution in [0.5, 0.6) is 0 Å². The van der Waals surface area contributed by atoms with Gasteiger partial charge in [0, 0.05) is 19.5 Å². The van der Waals surface area contributed by atoms with Crippen LogP contribution < -0.4 is 5.11 Å². The topological polar surface area (TPSA) is 85.5 Å². The molecular formula is C13H13IN2O3Zn-. The molecule has 0 spiro atoms. The van der Waals surface area contributed by atoms with E-state index in [9.17, 15) is 9.90 Å². The van der Waals surface area contributed by atoms with Crippen LogP contribution in [0.15, 0.2) is 29.3 Å². The minimum Gasteiger partial charge on any atom is -0.858 e. The first kappa shape index (κ1) is 21.3. The number of nitriles is 1. The maximum atomic E-state index is 11.7. The van der Waals surface area contributed by atoms with Crippen LogP contribution in [0.1, 0.15) is 17.5 Å². The third kappa shape index (κ3) is 6.97. The van der Waals surface area contributed by atoms with Crippen molar-refractivity contribution in [3.8, 4) is 6.07 Å². The molecule has 1 aromatic carbocycles. The van der Waals surface area contributed by atoms with E-state index in [-0.39, 0.29) is 49.9 Å². The van der Waals surface area contributed by atoms with Crippen molar-refractivity contribution in [1.82, 2.24) is 0 Å². The molecule has 0 aromatic heterocycles. The molecular weight excluding hydrogens is 424 g/mol. The minimum absolute atomic E-state index is 0. The van der Waals surface area contributed by atoms with Gasteiger partial charge in [0.2, 0.25) is 0 Å². The van der Waals surface area contributed by atoms with E-state index < -0.39 is 17.9 Å². The summed E-state index contributed by atoms with van der Waals surface area (Å²) in [6.45, 7) is 3.58. The van der Waals surface area contributed by atoms with Gasteiger partial charge in [-0.1, -0.05) is 12.1 Å². The largest absolute Gasteiger partial charge is 0.858 e. The third-order valence-corrected chi connectivity index (χ3v) is 2.19. The molecule has 0 saturated heterocycles. The quantitative estimate of drug-likeness (QED) is 0.232. The van der Waals surface area contributed by atoms with Gasteiger partial charge in [0.1, 0.15) is 0 Å². The molecule has 103 valence electrons. The summed E-state index contributed by atoms with van der Waals surface area (Å²) in [5.74, 6) is -0.935. The zero-order valence-corrected chi connectivity index (χ0v) is 16.3. The molecule has 20 heavy (non-hydrogen) atoms. The summed E-state index contributed by atoms with van der Waals surface area (Å²) in [5.41, 5.74) is 0.819. The predicted molar refractivity (Wildman–Crippen MR) is 78.9 cm³/mol. The fourth-order valence-corrected chi connectivity index (χ4v) is 1.25. The van der Waals surface area contributed by atoms with E-state index in [1.54, 1.807) is 0 Å². The maximum Gasteiger partial charge on any atom is 0.307 e. The Kier molecular flexibility index (Phi) is 11.5. The molecule has 0 saturated carbocycles. The van der Waals surface area contributed by atoms with Crippen molar-refractivity contribution < 1.29 is 34.1 Å². The number of methoxy groups -OCH3 is 1. The molecule has 1 aromatic rings. The number of carbonyl (C=O) groups is 1. The number of halogens is 1. The van der Waals surface area contributed by atoms with Crippen molar-refractivity contribution in [2.75, 3.05) is 7.11 Å². The van der Waals surface area contributed by atoms with Crippen LogP contribution in [0.25, 0.3) is 0 Å². The standard InChI is InChI=1S/C13H13N2O3.HI.Zn/c1-9(7-12(16)18-2)15-13(17)11-5-3-10(8-14)4-6-11;;/h3-6,9H,1,7H2,2H3,(H,15,17);1H;/p-1/t9-;;/m1../s1. The van der Waals surface area contributed by atoms with E-state index in [4.69, 9.17) is 5.26 Å². The molecule has 0 heterocycles. The van der Waals surface area contributed by atoms with E-state index >= 15 is 0 Å². The number of hydrogen-bond donors (Lipinski definition) is 0. The maximum absolute atomic E-state index is 11.7.